The van der Waals surface area contributed by atoms with E-state index in [1.54, 1.807) is 0 Å². The number of carbonyl (C=O) groups is 1. The van der Waals surface area contributed by atoms with Gasteiger partial charge in [0.15, 0.2) is 0 Å². The van der Waals surface area contributed by atoms with Crippen LogP contribution in [0.2, 0.25) is 0 Å². The number of carbonyl (C=O) groups excluding carboxylic acids is 1. The smallest absolute Gasteiger partial charge is 0.235 e. The first-order valence-electron chi connectivity index (χ1n) is 5.58. The summed E-state index contributed by atoms with van der Waals surface area (Å²) < 4.78 is 0. The maximum atomic E-state index is 12.4. The molecular formula is C11H20N2OS2. The van der Waals surface area contributed by atoms with E-state index in [-0.39, 0.29) is 5.91 Å². The summed E-state index contributed by atoms with van der Waals surface area (Å²) in [5.74, 6) is 2.23. The number of amides is 1. The molecule has 1 heterocycles. The average Bonchev–Trinajstić information content (AvgIpc) is 2.79. The molecule has 16 heavy (non-hydrogen) atoms. The summed E-state index contributed by atoms with van der Waals surface area (Å²) in [6.45, 7) is 3.80. The van der Waals surface area contributed by atoms with Crippen molar-refractivity contribution < 1.29 is 4.79 Å². The molecule has 0 radical (unpaired) electrons. The van der Waals surface area contributed by atoms with Crippen LogP contribution < -0.4 is 5.73 Å². The van der Waals surface area contributed by atoms with Crippen LogP contribution in [0.3, 0.4) is 0 Å². The van der Waals surface area contributed by atoms with Crippen LogP contribution in [-0.2, 0) is 4.79 Å². The van der Waals surface area contributed by atoms with Gasteiger partial charge in [-0.1, -0.05) is 19.1 Å². The van der Waals surface area contributed by atoms with Gasteiger partial charge in [0.2, 0.25) is 5.91 Å². The molecule has 2 atom stereocenters. The first kappa shape index (κ1) is 13.8. The van der Waals surface area contributed by atoms with E-state index < -0.39 is 5.41 Å². The zero-order chi connectivity index (χ0) is 12.3. The molecule has 1 aliphatic heterocycles. The summed E-state index contributed by atoms with van der Waals surface area (Å²) in [5.41, 5.74) is 5.01. The standard InChI is InChI=1S/C11H20N2OS2/c1-4-11(2,9(12)15)10(14)13(3)8-5-6-16-7-8/h8H,4-7H2,1-3H3,(H2,12,15). The van der Waals surface area contributed by atoms with E-state index in [9.17, 15) is 4.79 Å². The van der Waals surface area contributed by atoms with Gasteiger partial charge in [-0.15, -0.1) is 0 Å². The lowest BCUT2D eigenvalue weighted by atomic mass is 9.85. The second-order valence-corrected chi connectivity index (χ2v) is 6.07. The predicted molar refractivity (Wildman–Crippen MR) is 73.7 cm³/mol. The van der Waals surface area contributed by atoms with E-state index >= 15 is 0 Å². The first-order valence-corrected chi connectivity index (χ1v) is 7.14. The van der Waals surface area contributed by atoms with Crippen LogP contribution in [0.1, 0.15) is 26.7 Å². The number of nitrogens with two attached hydrogens (primary N) is 1. The van der Waals surface area contributed by atoms with Crippen LogP contribution in [-0.4, -0.2) is 40.4 Å². The van der Waals surface area contributed by atoms with E-state index in [4.69, 9.17) is 18.0 Å². The highest BCUT2D eigenvalue weighted by molar-refractivity contribution is 7.99. The molecule has 0 saturated carbocycles. The second-order valence-electron chi connectivity index (χ2n) is 4.48. The lowest BCUT2D eigenvalue weighted by Crippen LogP contribution is -2.50. The van der Waals surface area contributed by atoms with Crippen LogP contribution in [0, 0.1) is 5.41 Å². The molecule has 1 fully saturated rings. The number of thioether (sulfide) groups is 1. The number of nitrogens with zero attached hydrogens (tertiary/aromatic N) is 1. The summed E-state index contributed by atoms with van der Waals surface area (Å²) in [7, 11) is 1.87. The maximum absolute atomic E-state index is 12.4. The molecule has 2 unspecified atom stereocenters. The molecule has 1 rings (SSSR count). The van der Waals surface area contributed by atoms with Crippen LogP contribution in [0.4, 0.5) is 0 Å². The Labute approximate surface area is 107 Å². The van der Waals surface area contributed by atoms with Gasteiger partial charge in [0, 0.05) is 18.8 Å². The molecular weight excluding hydrogens is 240 g/mol. The summed E-state index contributed by atoms with van der Waals surface area (Å²) in [6, 6.07) is 0.345. The van der Waals surface area contributed by atoms with Crippen molar-refractivity contribution >= 4 is 34.9 Å². The number of hydrogen-bond acceptors (Lipinski definition) is 3. The van der Waals surface area contributed by atoms with Crippen LogP contribution in [0.15, 0.2) is 0 Å². The van der Waals surface area contributed by atoms with E-state index in [0.29, 0.717) is 17.5 Å². The van der Waals surface area contributed by atoms with Crippen molar-refractivity contribution in [1.82, 2.24) is 4.90 Å². The average molecular weight is 260 g/mol. The van der Waals surface area contributed by atoms with E-state index in [1.165, 1.54) is 0 Å². The van der Waals surface area contributed by atoms with Gasteiger partial charge in [-0.25, -0.2) is 0 Å². The third-order valence-corrected chi connectivity index (χ3v) is 5.09. The fourth-order valence-corrected chi connectivity index (χ4v) is 3.31. The third kappa shape index (κ3) is 2.51. The Bertz CT molecular complexity index is 290. The van der Waals surface area contributed by atoms with Crippen molar-refractivity contribution in [2.24, 2.45) is 11.1 Å². The molecule has 1 amide bonds. The Morgan fingerprint density at radius 2 is 2.31 bits per heavy atom. The largest absolute Gasteiger partial charge is 0.392 e. The topological polar surface area (TPSA) is 46.3 Å². The summed E-state index contributed by atoms with van der Waals surface area (Å²) in [5, 5.41) is 0. The number of thiocarbonyl (C=S) groups is 1. The van der Waals surface area contributed by atoms with Crippen molar-refractivity contribution in [2.75, 3.05) is 18.6 Å². The van der Waals surface area contributed by atoms with E-state index in [2.05, 4.69) is 0 Å². The van der Waals surface area contributed by atoms with Gasteiger partial charge in [-0.3, -0.25) is 4.79 Å². The summed E-state index contributed by atoms with van der Waals surface area (Å²) >= 11 is 6.92. The highest BCUT2D eigenvalue weighted by Crippen LogP contribution is 2.28. The minimum absolute atomic E-state index is 0.0648. The fraction of sp³-hybridized carbons (Fsp3) is 0.818. The maximum Gasteiger partial charge on any atom is 0.235 e. The Hall–Kier alpha value is -0.290. The van der Waals surface area contributed by atoms with Gasteiger partial charge in [-0.2, -0.15) is 11.8 Å². The Balaban J connectivity index is 2.78. The zero-order valence-corrected chi connectivity index (χ0v) is 11.8. The highest BCUT2D eigenvalue weighted by atomic mass is 32.2. The molecule has 1 aliphatic rings. The normalized spacial score (nSPS) is 23.8. The van der Waals surface area contributed by atoms with Gasteiger partial charge in [0.05, 0.1) is 10.4 Å². The number of hydrogen-bond donors (Lipinski definition) is 1. The molecule has 3 nitrogen and oxygen atoms in total. The number of rotatable bonds is 4. The lowest BCUT2D eigenvalue weighted by molar-refractivity contribution is -0.138. The van der Waals surface area contributed by atoms with Gasteiger partial charge in [0.1, 0.15) is 0 Å². The highest BCUT2D eigenvalue weighted by Gasteiger charge is 2.39. The van der Waals surface area contributed by atoms with E-state index in [0.717, 1.165) is 17.9 Å². The van der Waals surface area contributed by atoms with Crippen LogP contribution in [0.25, 0.3) is 0 Å². The summed E-state index contributed by atoms with van der Waals surface area (Å²) in [4.78, 5) is 14.5. The Morgan fingerprint density at radius 1 is 1.69 bits per heavy atom. The molecule has 1 saturated heterocycles. The molecule has 0 bridgehead atoms. The Kier molecular flexibility index (Phi) is 4.62. The minimum atomic E-state index is -0.683. The van der Waals surface area contributed by atoms with E-state index in [1.807, 2.05) is 37.6 Å². The van der Waals surface area contributed by atoms with Gasteiger partial charge in [-0.05, 0) is 25.5 Å². The molecule has 5 heteroatoms. The van der Waals surface area contributed by atoms with Crippen molar-refractivity contribution in [1.29, 1.82) is 0 Å². The minimum Gasteiger partial charge on any atom is -0.392 e. The second kappa shape index (κ2) is 5.36. The van der Waals surface area contributed by atoms with Gasteiger partial charge in [0.25, 0.3) is 0 Å². The molecule has 0 aromatic rings. The molecule has 2 N–H and O–H groups in total. The van der Waals surface area contributed by atoms with Crippen molar-refractivity contribution in [3.63, 3.8) is 0 Å². The Morgan fingerprint density at radius 3 is 2.69 bits per heavy atom. The molecule has 0 aromatic carbocycles. The first-order chi connectivity index (χ1) is 7.43. The monoisotopic (exact) mass is 260 g/mol. The molecule has 0 aromatic heterocycles. The van der Waals surface area contributed by atoms with Crippen molar-refractivity contribution in [3.05, 3.63) is 0 Å². The van der Waals surface area contributed by atoms with Crippen LogP contribution in [0.5, 0.6) is 0 Å². The summed E-state index contributed by atoms with van der Waals surface area (Å²) in [6.07, 6.45) is 1.73. The van der Waals surface area contributed by atoms with Crippen molar-refractivity contribution in [3.8, 4) is 0 Å². The lowest BCUT2D eigenvalue weighted by Gasteiger charge is -2.34. The van der Waals surface area contributed by atoms with Crippen molar-refractivity contribution in [2.45, 2.75) is 32.7 Å². The molecule has 0 aliphatic carbocycles. The van der Waals surface area contributed by atoms with Gasteiger partial charge >= 0.3 is 0 Å². The zero-order valence-electron chi connectivity index (χ0n) is 10.2. The third-order valence-electron chi connectivity index (χ3n) is 3.50. The van der Waals surface area contributed by atoms with Gasteiger partial charge < -0.3 is 10.6 Å². The SMILES string of the molecule is CCC(C)(C(=O)N(C)C1CCSC1)C(N)=S. The fourth-order valence-electron chi connectivity index (χ4n) is 1.81. The van der Waals surface area contributed by atoms with Crippen LogP contribution >= 0.6 is 24.0 Å². The quantitative estimate of drug-likeness (QED) is 0.781. The molecule has 92 valence electrons. The predicted octanol–water partition coefficient (Wildman–Crippen LogP) is 1.65. The molecule has 0 spiro atoms.